The van der Waals surface area contributed by atoms with Crippen LogP contribution < -0.4 is 0 Å². The molecule has 0 amide bonds. The second-order valence-electron chi connectivity index (χ2n) is 3.12. The first-order chi connectivity index (χ1) is 7.14. The largest absolute Gasteiger partial charge is 0.471 e. The Morgan fingerprint density at radius 2 is 1.44 bits per heavy atom. The fourth-order valence-corrected chi connectivity index (χ4v) is 1.97. The van der Waals surface area contributed by atoms with Crippen LogP contribution in [0.1, 0.15) is 32.6 Å². The van der Waals surface area contributed by atoms with E-state index in [1.165, 1.54) is 0 Å². The lowest BCUT2D eigenvalue weighted by Gasteiger charge is -2.18. The van der Waals surface area contributed by atoms with Gasteiger partial charge in [-0.05, 0) is 12.8 Å². The SMILES string of the molecule is CCCCCC(OP(=O)(O)O)OP(=O)(O)O. The van der Waals surface area contributed by atoms with Gasteiger partial charge < -0.3 is 19.6 Å². The van der Waals surface area contributed by atoms with Gasteiger partial charge in [0.05, 0.1) is 0 Å². The highest BCUT2D eigenvalue weighted by Crippen LogP contribution is 2.45. The van der Waals surface area contributed by atoms with Crippen LogP contribution in [0.15, 0.2) is 0 Å². The van der Waals surface area contributed by atoms with E-state index in [0.29, 0.717) is 6.42 Å². The monoisotopic (exact) mass is 278 g/mol. The lowest BCUT2D eigenvalue weighted by Crippen LogP contribution is -2.14. The molecule has 8 nitrogen and oxygen atoms in total. The number of phosphoric acid groups is 2. The standard InChI is InChI=1S/C6H16O8P2/c1-2-3-4-5-6(13-15(7,8)9)14-16(10,11)12/h6H,2-5H2,1H3,(H2,7,8,9)(H2,10,11,12). The summed E-state index contributed by atoms with van der Waals surface area (Å²) in [7, 11) is -9.65. The normalized spacial score (nSPS) is 13.4. The minimum atomic E-state index is -4.82. The van der Waals surface area contributed by atoms with Gasteiger partial charge in [-0.25, -0.2) is 9.13 Å². The molecule has 0 saturated carbocycles. The summed E-state index contributed by atoms with van der Waals surface area (Å²) in [4.78, 5) is 34.0. The maximum absolute atomic E-state index is 10.5. The maximum atomic E-state index is 10.5. The fourth-order valence-electron chi connectivity index (χ4n) is 0.992. The van der Waals surface area contributed by atoms with Crippen LogP contribution in [0.5, 0.6) is 0 Å². The molecule has 0 saturated heterocycles. The van der Waals surface area contributed by atoms with Gasteiger partial charge in [0.1, 0.15) is 0 Å². The second kappa shape index (κ2) is 6.83. The van der Waals surface area contributed by atoms with E-state index in [4.69, 9.17) is 19.6 Å². The lowest BCUT2D eigenvalue weighted by atomic mass is 10.2. The number of unbranched alkanes of at least 4 members (excludes halogenated alkanes) is 2. The Morgan fingerprint density at radius 3 is 1.75 bits per heavy atom. The summed E-state index contributed by atoms with van der Waals surface area (Å²) in [5.74, 6) is 0. The van der Waals surface area contributed by atoms with E-state index in [1.807, 2.05) is 6.92 Å². The number of hydrogen-bond acceptors (Lipinski definition) is 4. The molecule has 0 aliphatic rings. The van der Waals surface area contributed by atoms with Crippen molar-refractivity contribution < 1.29 is 37.8 Å². The number of phosphoric ester groups is 2. The van der Waals surface area contributed by atoms with Crippen LogP contribution in [0, 0.1) is 0 Å². The molecule has 0 spiro atoms. The molecule has 0 atom stereocenters. The molecule has 0 bridgehead atoms. The Bertz CT molecular complexity index is 256. The Labute approximate surface area is 93.1 Å². The average molecular weight is 278 g/mol. The van der Waals surface area contributed by atoms with Crippen LogP contribution >= 0.6 is 15.6 Å². The minimum absolute atomic E-state index is 0.00403. The molecule has 0 heterocycles. The fraction of sp³-hybridized carbons (Fsp3) is 1.00. The molecule has 0 unspecified atom stereocenters. The summed E-state index contributed by atoms with van der Waals surface area (Å²) >= 11 is 0. The summed E-state index contributed by atoms with van der Waals surface area (Å²) in [6, 6.07) is 0. The van der Waals surface area contributed by atoms with E-state index in [2.05, 4.69) is 9.05 Å². The molecule has 98 valence electrons. The van der Waals surface area contributed by atoms with Crippen molar-refractivity contribution in [3.05, 3.63) is 0 Å². The van der Waals surface area contributed by atoms with Gasteiger partial charge in [0.25, 0.3) is 0 Å². The van der Waals surface area contributed by atoms with Gasteiger partial charge in [0, 0.05) is 0 Å². The molecule has 10 heteroatoms. The Kier molecular flexibility index (Phi) is 6.93. The smallest absolute Gasteiger partial charge is 0.303 e. The number of rotatable bonds is 8. The molecule has 16 heavy (non-hydrogen) atoms. The average Bonchev–Trinajstić information content (AvgIpc) is 1.97. The number of hydrogen-bond donors (Lipinski definition) is 4. The summed E-state index contributed by atoms with van der Waals surface area (Å²) in [5.41, 5.74) is 0. The Balaban J connectivity index is 4.28. The first-order valence-corrected chi connectivity index (χ1v) is 7.68. The van der Waals surface area contributed by atoms with Crippen molar-refractivity contribution in [3.63, 3.8) is 0 Å². The third kappa shape index (κ3) is 10.7. The molecule has 0 aliphatic heterocycles. The predicted molar refractivity (Wildman–Crippen MR) is 54.2 cm³/mol. The van der Waals surface area contributed by atoms with Crippen molar-refractivity contribution in [1.82, 2.24) is 0 Å². The zero-order valence-electron chi connectivity index (χ0n) is 8.72. The van der Waals surface area contributed by atoms with E-state index < -0.39 is 21.9 Å². The summed E-state index contributed by atoms with van der Waals surface area (Å²) in [6.07, 6.45) is 0.475. The Morgan fingerprint density at radius 1 is 1.00 bits per heavy atom. The van der Waals surface area contributed by atoms with Gasteiger partial charge in [-0.2, -0.15) is 0 Å². The third-order valence-corrected chi connectivity index (χ3v) is 2.57. The van der Waals surface area contributed by atoms with Crippen LogP contribution in [-0.4, -0.2) is 25.9 Å². The topological polar surface area (TPSA) is 134 Å². The zero-order chi connectivity index (χ0) is 12.8. The molecule has 0 aromatic carbocycles. The van der Waals surface area contributed by atoms with Gasteiger partial charge in [-0.1, -0.05) is 19.8 Å². The van der Waals surface area contributed by atoms with E-state index >= 15 is 0 Å². The molecule has 0 aromatic heterocycles. The highest BCUT2D eigenvalue weighted by atomic mass is 31.2. The highest BCUT2D eigenvalue weighted by Gasteiger charge is 2.28. The molecule has 0 radical (unpaired) electrons. The molecule has 4 N–H and O–H groups in total. The van der Waals surface area contributed by atoms with Crippen LogP contribution in [-0.2, 0) is 18.2 Å². The van der Waals surface area contributed by atoms with Gasteiger partial charge in [-0.15, -0.1) is 0 Å². The second-order valence-corrected chi connectivity index (χ2v) is 5.50. The van der Waals surface area contributed by atoms with E-state index in [0.717, 1.165) is 12.8 Å². The van der Waals surface area contributed by atoms with E-state index in [-0.39, 0.29) is 6.42 Å². The molecule has 0 aliphatic carbocycles. The molecule has 0 rings (SSSR count). The van der Waals surface area contributed by atoms with Crippen molar-refractivity contribution >= 4 is 15.6 Å². The lowest BCUT2D eigenvalue weighted by molar-refractivity contribution is -0.0391. The van der Waals surface area contributed by atoms with Crippen LogP contribution in [0.2, 0.25) is 0 Å². The first kappa shape index (κ1) is 16.2. The Hall–Kier alpha value is 0.220. The van der Waals surface area contributed by atoms with Gasteiger partial charge in [0.15, 0.2) is 6.29 Å². The van der Waals surface area contributed by atoms with Crippen molar-refractivity contribution in [1.29, 1.82) is 0 Å². The van der Waals surface area contributed by atoms with Crippen LogP contribution in [0.4, 0.5) is 0 Å². The minimum Gasteiger partial charge on any atom is -0.303 e. The van der Waals surface area contributed by atoms with Crippen molar-refractivity contribution in [2.45, 2.75) is 38.9 Å². The predicted octanol–water partition coefficient (Wildman–Crippen LogP) is 1.11. The molecular weight excluding hydrogens is 262 g/mol. The third-order valence-electron chi connectivity index (χ3n) is 1.55. The highest BCUT2D eigenvalue weighted by molar-refractivity contribution is 7.47. The van der Waals surface area contributed by atoms with Gasteiger partial charge in [0.2, 0.25) is 0 Å². The molecule has 0 fully saturated rings. The van der Waals surface area contributed by atoms with E-state index in [9.17, 15) is 9.13 Å². The van der Waals surface area contributed by atoms with Gasteiger partial charge in [-0.3, -0.25) is 9.05 Å². The summed E-state index contributed by atoms with van der Waals surface area (Å²) < 4.78 is 29.2. The van der Waals surface area contributed by atoms with Crippen molar-refractivity contribution in [2.24, 2.45) is 0 Å². The molecular formula is C6H16O8P2. The maximum Gasteiger partial charge on any atom is 0.471 e. The molecule has 0 aromatic rings. The van der Waals surface area contributed by atoms with Crippen molar-refractivity contribution in [3.8, 4) is 0 Å². The first-order valence-electron chi connectivity index (χ1n) is 4.62. The summed E-state index contributed by atoms with van der Waals surface area (Å²) in [6.45, 7) is 1.91. The van der Waals surface area contributed by atoms with E-state index in [1.54, 1.807) is 0 Å². The van der Waals surface area contributed by atoms with Crippen molar-refractivity contribution in [2.75, 3.05) is 0 Å². The summed E-state index contributed by atoms with van der Waals surface area (Å²) in [5, 5.41) is 0. The quantitative estimate of drug-likeness (QED) is 0.295. The van der Waals surface area contributed by atoms with Crippen LogP contribution in [0.3, 0.4) is 0 Å². The van der Waals surface area contributed by atoms with Gasteiger partial charge >= 0.3 is 15.6 Å². The van der Waals surface area contributed by atoms with Crippen LogP contribution in [0.25, 0.3) is 0 Å². The zero-order valence-corrected chi connectivity index (χ0v) is 10.5.